The Morgan fingerprint density at radius 1 is 1.20 bits per heavy atom. The smallest absolute Gasteiger partial charge is 0.128 e. The molecule has 0 bridgehead atoms. The van der Waals surface area contributed by atoms with E-state index in [1.165, 1.54) is 6.07 Å². The third-order valence-corrected chi connectivity index (χ3v) is 3.19. The third-order valence-electron chi connectivity index (χ3n) is 3.19. The molecule has 2 aromatic carbocycles. The minimum Gasteiger partial charge on any atom is -0.497 e. The molecule has 3 nitrogen and oxygen atoms in total. The van der Waals surface area contributed by atoms with Gasteiger partial charge in [0.05, 0.1) is 13.2 Å². The van der Waals surface area contributed by atoms with Gasteiger partial charge in [-0.2, -0.15) is 0 Å². The lowest BCUT2D eigenvalue weighted by Gasteiger charge is -2.20. The van der Waals surface area contributed by atoms with Crippen molar-refractivity contribution < 1.29 is 9.13 Å². The van der Waals surface area contributed by atoms with Crippen LogP contribution in [0.25, 0.3) is 0 Å². The fraction of sp³-hybridized carbons (Fsp3) is 0.250. The summed E-state index contributed by atoms with van der Waals surface area (Å²) < 4.78 is 19.0. The van der Waals surface area contributed by atoms with E-state index in [1.807, 2.05) is 37.3 Å². The summed E-state index contributed by atoms with van der Waals surface area (Å²) in [6.45, 7) is 2.25. The Labute approximate surface area is 118 Å². The molecule has 0 aliphatic heterocycles. The third kappa shape index (κ3) is 3.27. The van der Waals surface area contributed by atoms with E-state index < -0.39 is 0 Å². The molecule has 1 atom stereocenters. The Kier molecular flexibility index (Phi) is 4.58. The molecule has 2 aromatic rings. The van der Waals surface area contributed by atoms with Gasteiger partial charge in [-0.1, -0.05) is 17.7 Å². The summed E-state index contributed by atoms with van der Waals surface area (Å²) in [6, 6.07) is 12.3. The molecular weight excluding hydrogens is 255 g/mol. The molecule has 0 aliphatic rings. The second-order valence-corrected chi connectivity index (χ2v) is 4.69. The van der Waals surface area contributed by atoms with Crippen molar-refractivity contribution in [3.63, 3.8) is 0 Å². The summed E-state index contributed by atoms with van der Waals surface area (Å²) in [5.74, 6) is 0.536. The van der Waals surface area contributed by atoms with Crippen molar-refractivity contribution in [3.05, 3.63) is 59.4 Å². The van der Waals surface area contributed by atoms with E-state index >= 15 is 0 Å². The number of nitrogens with one attached hydrogen (secondary N) is 1. The van der Waals surface area contributed by atoms with E-state index in [1.54, 1.807) is 13.2 Å². The Bertz CT molecular complexity index is 569. The van der Waals surface area contributed by atoms with Gasteiger partial charge in [-0.05, 0) is 37.3 Å². The monoisotopic (exact) mass is 274 g/mol. The predicted molar refractivity (Wildman–Crippen MR) is 79.5 cm³/mol. The van der Waals surface area contributed by atoms with Gasteiger partial charge in [0.1, 0.15) is 11.6 Å². The maximum absolute atomic E-state index is 13.9. The molecule has 0 aromatic heterocycles. The molecule has 0 amide bonds. The van der Waals surface area contributed by atoms with Crippen LogP contribution in [0.4, 0.5) is 10.1 Å². The summed E-state index contributed by atoms with van der Waals surface area (Å²) in [5, 5.41) is 3.24. The molecule has 0 heterocycles. The van der Waals surface area contributed by atoms with Gasteiger partial charge < -0.3 is 15.8 Å². The van der Waals surface area contributed by atoms with Crippen molar-refractivity contribution in [2.45, 2.75) is 13.0 Å². The van der Waals surface area contributed by atoms with E-state index in [4.69, 9.17) is 10.5 Å². The number of ether oxygens (including phenoxy) is 1. The molecule has 0 saturated heterocycles. The van der Waals surface area contributed by atoms with E-state index in [0.717, 1.165) is 17.0 Å². The van der Waals surface area contributed by atoms with E-state index in [-0.39, 0.29) is 11.9 Å². The summed E-state index contributed by atoms with van der Waals surface area (Å²) in [4.78, 5) is 0. The Morgan fingerprint density at radius 2 is 1.90 bits per heavy atom. The number of halogens is 1. The van der Waals surface area contributed by atoms with Crippen LogP contribution in [0, 0.1) is 12.7 Å². The Morgan fingerprint density at radius 3 is 2.50 bits per heavy atom. The molecule has 3 N–H and O–H groups in total. The van der Waals surface area contributed by atoms with Crippen LogP contribution in [0.1, 0.15) is 17.2 Å². The quantitative estimate of drug-likeness (QED) is 0.879. The number of hydrogen-bond acceptors (Lipinski definition) is 3. The van der Waals surface area contributed by atoms with Crippen LogP contribution in [0.3, 0.4) is 0 Å². The largest absolute Gasteiger partial charge is 0.497 e. The predicted octanol–water partition coefficient (Wildman–Crippen LogP) is 3.25. The molecule has 0 radical (unpaired) electrons. The van der Waals surface area contributed by atoms with Crippen LogP contribution >= 0.6 is 0 Å². The number of benzene rings is 2. The highest BCUT2D eigenvalue weighted by molar-refractivity contribution is 5.48. The zero-order valence-electron chi connectivity index (χ0n) is 11.7. The second kappa shape index (κ2) is 6.39. The topological polar surface area (TPSA) is 47.3 Å². The molecule has 0 spiro atoms. The standard InChI is InChI=1S/C16H19FN2O/c1-11-3-8-15(17)14(9-11)16(10-18)19-12-4-6-13(20-2)7-5-12/h3-9,16,19H,10,18H2,1-2H3. The van der Waals surface area contributed by atoms with Gasteiger partial charge in [0.2, 0.25) is 0 Å². The highest BCUT2D eigenvalue weighted by Crippen LogP contribution is 2.23. The molecule has 0 fully saturated rings. The molecule has 106 valence electrons. The molecule has 0 saturated carbocycles. The van der Waals surface area contributed by atoms with Gasteiger partial charge in [0.25, 0.3) is 0 Å². The second-order valence-electron chi connectivity index (χ2n) is 4.69. The maximum Gasteiger partial charge on any atom is 0.128 e. The van der Waals surface area contributed by atoms with Crippen molar-refractivity contribution in [3.8, 4) is 5.75 Å². The fourth-order valence-corrected chi connectivity index (χ4v) is 2.08. The van der Waals surface area contributed by atoms with Crippen molar-refractivity contribution in [1.29, 1.82) is 0 Å². The first kappa shape index (κ1) is 14.3. The number of aryl methyl sites for hydroxylation is 1. The zero-order valence-corrected chi connectivity index (χ0v) is 11.7. The Hall–Kier alpha value is -2.07. The van der Waals surface area contributed by atoms with Crippen LogP contribution in [-0.4, -0.2) is 13.7 Å². The lowest BCUT2D eigenvalue weighted by atomic mass is 10.0. The minimum atomic E-state index is -0.261. The summed E-state index contributed by atoms with van der Waals surface area (Å²) in [6.07, 6.45) is 0. The fourth-order valence-electron chi connectivity index (χ4n) is 2.08. The number of hydrogen-bond donors (Lipinski definition) is 2. The number of rotatable bonds is 5. The van der Waals surface area contributed by atoms with Crippen molar-refractivity contribution >= 4 is 5.69 Å². The van der Waals surface area contributed by atoms with Gasteiger partial charge in [-0.3, -0.25) is 0 Å². The number of anilines is 1. The van der Waals surface area contributed by atoms with E-state index in [9.17, 15) is 4.39 Å². The molecule has 2 rings (SSSR count). The van der Waals surface area contributed by atoms with Gasteiger partial charge in [-0.15, -0.1) is 0 Å². The van der Waals surface area contributed by atoms with Gasteiger partial charge >= 0.3 is 0 Å². The summed E-state index contributed by atoms with van der Waals surface area (Å²) in [5.41, 5.74) is 8.25. The van der Waals surface area contributed by atoms with Crippen LogP contribution in [-0.2, 0) is 0 Å². The van der Waals surface area contributed by atoms with Crippen molar-refractivity contribution in [2.75, 3.05) is 19.0 Å². The highest BCUT2D eigenvalue weighted by atomic mass is 19.1. The average molecular weight is 274 g/mol. The maximum atomic E-state index is 13.9. The summed E-state index contributed by atoms with van der Waals surface area (Å²) >= 11 is 0. The first-order valence-corrected chi connectivity index (χ1v) is 6.50. The van der Waals surface area contributed by atoms with Crippen LogP contribution < -0.4 is 15.8 Å². The van der Waals surface area contributed by atoms with Gasteiger partial charge in [0, 0.05) is 17.8 Å². The molecular formula is C16H19FN2O. The Balaban J connectivity index is 2.21. The van der Waals surface area contributed by atoms with Crippen molar-refractivity contribution in [1.82, 2.24) is 0 Å². The minimum absolute atomic E-state index is 0.243. The SMILES string of the molecule is COc1ccc(NC(CN)c2cc(C)ccc2F)cc1. The van der Waals surface area contributed by atoms with E-state index in [2.05, 4.69) is 5.32 Å². The first-order chi connectivity index (χ1) is 9.63. The first-order valence-electron chi connectivity index (χ1n) is 6.50. The normalized spacial score (nSPS) is 12.0. The van der Waals surface area contributed by atoms with Crippen molar-refractivity contribution in [2.24, 2.45) is 5.73 Å². The summed E-state index contributed by atoms with van der Waals surface area (Å²) in [7, 11) is 1.62. The number of methoxy groups -OCH3 is 1. The van der Waals surface area contributed by atoms with Crippen LogP contribution in [0.5, 0.6) is 5.75 Å². The van der Waals surface area contributed by atoms with E-state index in [0.29, 0.717) is 12.1 Å². The van der Waals surface area contributed by atoms with Gasteiger partial charge in [-0.25, -0.2) is 4.39 Å². The molecule has 0 aliphatic carbocycles. The van der Waals surface area contributed by atoms with Crippen LogP contribution in [0.15, 0.2) is 42.5 Å². The molecule has 1 unspecified atom stereocenters. The highest BCUT2D eigenvalue weighted by Gasteiger charge is 2.14. The lowest BCUT2D eigenvalue weighted by Crippen LogP contribution is -2.21. The molecule has 20 heavy (non-hydrogen) atoms. The molecule has 4 heteroatoms. The zero-order chi connectivity index (χ0) is 14.5. The van der Waals surface area contributed by atoms with Crippen LogP contribution in [0.2, 0.25) is 0 Å². The lowest BCUT2D eigenvalue weighted by molar-refractivity contribution is 0.415. The number of nitrogens with two attached hydrogens (primary N) is 1. The average Bonchev–Trinajstić information content (AvgIpc) is 2.48. The van der Waals surface area contributed by atoms with Gasteiger partial charge in [0.15, 0.2) is 0 Å².